The van der Waals surface area contributed by atoms with Gasteiger partial charge in [-0.1, -0.05) is 76.8 Å². The molecule has 0 saturated heterocycles. The Balaban J connectivity index is 1.84. The molecule has 0 aliphatic heterocycles. The monoisotopic (exact) mass is 503 g/mol. The van der Waals surface area contributed by atoms with Gasteiger partial charge in [0.2, 0.25) is 10.0 Å². The standard InChI is InChI=1S/C24H23Cl2N3O3S/c1-17-6-10-19(11-7-17)14-27-28-24(30)16-29(15-21-22(25)4-3-5-23(21)26)33(31,32)20-12-8-18(2)9-13-20/h3-14H,15-16H2,1-2H3,(H,28,30)/b27-14-. The Bertz CT molecular complexity index is 1240. The Hall–Kier alpha value is -2.71. The van der Waals surface area contributed by atoms with Crippen molar-refractivity contribution in [1.82, 2.24) is 9.73 Å². The van der Waals surface area contributed by atoms with Crippen LogP contribution >= 0.6 is 23.2 Å². The van der Waals surface area contributed by atoms with E-state index in [0.29, 0.717) is 15.6 Å². The maximum Gasteiger partial charge on any atom is 0.255 e. The summed E-state index contributed by atoms with van der Waals surface area (Å²) in [6, 6.07) is 18.9. The van der Waals surface area contributed by atoms with Gasteiger partial charge in [-0.3, -0.25) is 4.79 Å². The molecule has 0 fully saturated rings. The van der Waals surface area contributed by atoms with Crippen LogP contribution in [0.4, 0.5) is 0 Å². The lowest BCUT2D eigenvalue weighted by Crippen LogP contribution is -2.39. The van der Waals surface area contributed by atoms with Crippen LogP contribution in [0.1, 0.15) is 22.3 Å². The highest BCUT2D eigenvalue weighted by Crippen LogP contribution is 2.28. The molecule has 0 aliphatic carbocycles. The highest BCUT2D eigenvalue weighted by molar-refractivity contribution is 7.89. The Morgan fingerprint density at radius 1 is 0.939 bits per heavy atom. The highest BCUT2D eigenvalue weighted by Gasteiger charge is 2.28. The van der Waals surface area contributed by atoms with E-state index in [9.17, 15) is 13.2 Å². The molecule has 1 amide bonds. The fourth-order valence-corrected chi connectivity index (χ4v) is 4.85. The van der Waals surface area contributed by atoms with Crippen LogP contribution in [-0.4, -0.2) is 31.4 Å². The van der Waals surface area contributed by atoms with Crippen molar-refractivity contribution in [2.75, 3.05) is 6.54 Å². The van der Waals surface area contributed by atoms with Gasteiger partial charge in [-0.2, -0.15) is 9.41 Å². The third kappa shape index (κ3) is 6.65. The van der Waals surface area contributed by atoms with E-state index in [1.807, 2.05) is 38.1 Å². The molecule has 0 saturated carbocycles. The van der Waals surface area contributed by atoms with Gasteiger partial charge in [0, 0.05) is 22.2 Å². The average Bonchev–Trinajstić information content (AvgIpc) is 2.77. The zero-order valence-electron chi connectivity index (χ0n) is 18.1. The van der Waals surface area contributed by atoms with Crippen LogP contribution in [0, 0.1) is 13.8 Å². The summed E-state index contributed by atoms with van der Waals surface area (Å²) in [6.45, 7) is 3.18. The molecule has 9 heteroatoms. The van der Waals surface area contributed by atoms with Crippen LogP contribution in [0.5, 0.6) is 0 Å². The van der Waals surface area contributed by atoms with Gasteiger partial charge in [0.05, 0.1) is 17.7 Å². The molecule has 0 aliphatic rings. The zero-order valence-corrected chi connectivity index (χ0v) is 20.5. The smallest absolute Gasteiger partial charge is 0.255 e. The zero-order chi connectivity index (χ0) is 24.0. The van der Waals surface area contributed by atoms with Gasteiger partial charge in [-0.15, -0.1) is 0 Å². The predicted molar refractivity (Wildman–Crippen MR) is 132 cm³/mol. The maximum atomic E-state index is 13.4. The van der Waals surface area contributed by atoms with Crippen molar-refractivity contribution >= 4 is 45.3 Å². The van der Waals surface area contributed by atoms with E-state index in [2.05, 4.69) is 10.5 Å². The molecular weight excluding hydrogens is 481 g/mol. The van der Waals surface area contributed by atoms with E-state index in [1.54, 1.807) is 30.3 Å². The molecule has 0 atom stereocenters. The lowest BCUT2D eigenvalue weighted by molar-refractivity contribution is -0.121. The number of halogens is 2. The minimum atomic E-state index is -4.02. The lowest BCUT2D eigenvalue weighted by atomic mass is 10.2. The van der Waals surface area contributed by atoms with Crippen molar-refractivity contribution in [2.24, 2.45) is 5.10 Å². The van der Waals surface area contributed by atoms with Gasteiger partial charge in [0.25, 0.3) is 5.91 Å². The topological polar surface area (TPSA) is 78.8 Å². The molecule has 0 heterocycles. The van der Waals surface area contributed by atoms with Crippen molar-refractivity contribution in [3.63, 3.8) is 0 Å². The number of amides is 1. The number of rotatable bonds is 8. The fourth-order valence-electron chi connectivity index (χ4n) is 2.97. The number of carbonyl (C=O) groups excluding carboxylic acids is 1. The second-order valence-corrected chi connectivity index (χ2v) is 10.2. The number of hydrogen-bond donors (Lipinski definition) is 1. The number of carbonyl (C=O) groups is 1. The molecule has 3 rings (SSSR count). The first-order chi connectivity index (χ1) is 15.7. The van der Waals surface area contributed by atoms with E-state index in [-0.39, 0.29) is 11.4 Å². The Labute approximate surface area is 203 Å². The predicted octanol–water partition coefficient (Wildman–Crippen LogP) is 4.95. The summed E-state index contributed by atoms with van der Waals surface area (Å²) in [5, 5.41) is 4.55. The maximum absolute atomic E-state index is 13.4. The summed E-state index contributed by atoms with van der Waals surface area (Å²) in [6.07, 6.45) is 1.49. The van der Waals surface area contributed by atoms with Crippen LogP contribution in [-0.2, 0) is 21.4 Å². The summed E-state index contributed by atoms with van der Waals surface area (Å²) < 4.78 is 27.7. The Kier molecular flexibility index (Phi) is 8.26. The second kappa shape index (κ2) is 10.9. The van der Waals surface area contributed by atoms with Crippen LogP contribution in [0.3, 0.4) is 0 Å². The van der Waals surface area contributed by atoms with Crippen LogP contribution in [0.25, 0.3) is 0 Å². The average molecular weight is 504 g/mol. The summed E-state index contributed by atoms with van der Waals surface area (Å²) in [5.41, 5.74) is 5.61. The third-order valence-corrected chi connectivity index (χ3v) is 7.37. The molecule has 33 heavy (non-hydrogen) atoms. The van der Waals surface area contributed by atoms with Crippen molar-refractivity contribution < 1.29 is 13.2 Å². The van der Waals surface area contributed by atoms with Gasteiger partial charge in [0.15, 0.2) is 0 Å². The number of nitrogens with zero attached hydrogens (tertiary/aromatic N) is 2. The van der Waals surface area contributed by atoms with Crippen LogP contribution in [0.2, 0.25) is 10.0 Å². The van der Waals surface area contributed by atoms with Crippen molar-refractivity contribution in [3.05, 3.63) is 99.0 Å². The molecule has 1 N–H and O–H groups in total. The van der Waals surface area contributed by atoms with Gasteiger partial charge in [-0.25, -0.2) is 13.8 Å². The quantitative estimate of drug-likeness (QED) is 0.348. The minimum Gasteiger partial charge on any atom is -0.272 e. The van der Waals surface area contributed by atoms with Crippen LogP contribution in [0.15, 0.2) is 76.7 Å². The first kappa shape index (κ1) is 24.9. The normalized spacial score (nSPS) is 11.8. The van der Waals surface area contributed by atoms with Crippen molar-refractivity contribution in [3.8, 4) is 0 Å². The Morgan fingerprint density at radius 3 is 2.06 bits per heavy atom. The van der Waals surface area contributed by atoms with E-state index in [0.717, 1.165) is 21.0 Å². The largest absolute Gasteiger partial charge is 0.272 e. The first-order valence-corrected chi connectivity index (χ1v) is 12.2. The molecular formula is C24H23Cl2N3O3S. The van der Waals surface area contributed by atoms with E-state index < -0.39 is 22.5 Å². The molecule has 0 radical (unpaired) electrons. The molecule has 3 aromatic rings. The first-order valence-electron chi connectivity index (χ1n) is 10.0. The Morgan fingerprint density at radius 2 is 1.48 bits per heavy atom. The van der Waals surface area contributed by atoms with Crippen LogP contribution < -0.4 is 5.43 Å². The molecule has 0 aromatic heterocycles. The molecule has 0 bridgehead atoms. The van der Waals surface area contributed by atoms with Crippen molar-refractivity contribution in [1.29, 1.82) is 0 Å². The number of hydrazone groups is 1. The van der Waals surface area contributed by atoms with Gasteiger partial charge < -0.3 is 0 Å². The summed E-state index contributed by atoms with van der Waals surface area (Å²) in [7, 11) is -4.02. The number of aryl methyl sites for hydroxylation is 2. The SMILES string of the molecule is Cc1ccc(/C=N\NC(=O)CN(Cc2c(Cl)cccc2Cl)S(=O)(=O)c2ccc(C)cc2)cc1. The summed E-state index contributed by atoms with van der Waals surface area (Å²) in [5.74, 6) is -0.600. The fraction of sp³-hybridized carbons (Fsp3) is 0.167. The molecule has 0 unspecified atom stereocenters. The van der Waals surface area contributed by atoms with E-state index in [1.165, 1.54) is 18.3 Å². The number of benzene rings is 3. The lowest BCUT2D eigenvalue weighted by Gasteiger charge is -2.22. The number of nitrogens with one attached hydrogen (secondary N) is 1. The summed E-state index contributed by atoms with van der Waals surface area (Å²) >= 11 is 12.5. The van der Waals surface area contributed by atoms with Crippen molar-refractivity contribution in [2.45, 2.75) is 25.3 Å². The number of sulfonamides is 1. The van der Waals surface area contributed by atoms with Gasteiger partial charge in [-0.05, 0) is 43.7 Å². The van der Waals surface area contributed by atoms with Gasteiger partial charge >= 0.3 is 0 Å². The molecule has 6 nitrogen and oxygen atoms in total. The highest BCUT2D eigenvalue weighted by atomic mass is 35.5. The molecule has 3 aromatic carbocycles. The summed E-state index contributed by atoms with van der Waals surface area (Å²) in [4.78, 5) is 12.7. The number of hydrogen-bond acceptors (Lipinski definition) is 4. The third-order valence-electron chi connectivity index (χ3n) is 4.86. The van der Waals surface area contributed by atoms with E-state index in [4.69, 9.17) is 23.2 Å². The minimum absolute atomic E-state index is 0.0623. The molecule has 172 valence electrons. The molecule has 0 spiro atoms. The second-order valence-electron chi connectivity index (χ2n) is 7.49. The van der Waals surface area contributed by atoms with Gasteiger partial charge in [0.1, 0.15) is 0 Å². The van der Waals surface area contributed by atoms with E-state index >= 15 is 0 Å².